The zero-order valence-corrected chi connectivity index (χ0v) is 21.3. The summed E-state index contributed by atoms with van der Waals surface area (Å²) in [4.78, 5) is 57.0. The van der Waals surface area contributed by atoms with E-state index in [9.17, 15) is 24.3 Å². The van der Waals surface area contributed by atoms with E-state index in [0.29, 0.717) is 24.3 Å². The number of hydrogen-bond donors (Lipinski definition) is 6. The number of H-pyrrole nitrogens is 1. The molecule has 1 rings (SSSR count). The molecule has 5 unspecified atom stereocenters. The number of nitrogens with two attached hydrogens (primary N) is 1. The Bertz CT molecular complexity index is 804. The van der Waals surface area contributed by atoms with Gasteiger partial charge in [0.1, 0.15) is 18.1 Å². The Morgan fingerprint density at radius 1 is 1.09 bits per heavy atom. The zero-order valence-electron chi connectivity index (χ0n) is 20.5. The summed E-state index contributed by atoms with van der Waals surface area (Å²) in [6, 6.07) is -3.82. The average molecular weight is 499 g/mol. The number of carbonyl (C=O) groups is 4. The van der Waals surface area contributed by atoms with Gasteiger partial charge in [0.05, 0.1) is 12.4 Å². The molecule has 3 amide bonds. The van der Waals surface area contributed by atoms with Gasteiger partial charge in [-0.3, -0.25) is 14.4 Å². The Kier molecular flexibility index (Phi) is 12.7. The van der Waals surface area contributed by atoms with Crippen molar-refractivity contribution in [2.24, 2.45) is 17.6 Å². The SMILES string of the molecule is CCC(C)C(NC(=O)C(N)Cc1cnc[nH]1)C(=O)NC(CCSC)C(=O)NC(C(=O)O)C(C)C. The maximum Gasteiger partial charge on any atom is 0.326 e. The van der Waals surface area contributed by atoms with E-state index in [1.54, 1.807) is 20.0 Å². The molecule has 0 saturated heterocycles. The van der Waals surface area contributed by atoms with E-state index in [1.807, 2.05) is 20.1 Å². The average Bonchev–Trinajstić information content (AvgIpc) is 3.29. The highest BCUT2D eigenvalue weighted by molar-refractivity contribution is 7.98. The maximum atomic E-state index is 13.2. The summed E-state index contributed by atoms with van der Waals surface area (Å²) in [5, 5.41) is 17.3. The first-order valence-corrected chi connectivity index (χ1v) is 12.8. The molecule has 0 fully saturated rings. The number of aliphatic carboxylic acids is 1. The van der Waals surface area contributed by atoms with Gasteiger partial charge in [-0.05, 0) is 30.3 Å². The van der Waals surface area contributed by atoms with Crippen LogP contribution in [0, 0.1) is 11.8 Å². The Hall–Kier alpha value is -2.60. The van der Waals surface area contributed by atoms with Gasteiger partial charge in [-0.15, -0.1) is 0 Å². The molecule has 0 saturated carbocycles. The lowest BCUT2D eigenvalue weighted by Gasteiger charge is -2.28. The molecule has 1 aromatic heterocycles. The molecule has 0 aliphatic heterocycles. The Morgan fingerprint density at radius 2 is 1.74 bits per heavy atom. The van der Waals surface area contributed by atoms with Crippen LogP contribution in [0.5, 0.6) is 0 Å². The van der Waals surface area contributed by atoms with Gasteiger partial charge in [-0.25, -0.2) is 9.78 Å². The number of carboxylic acids is 1. The number of carbonyl (C=O) groups excluding carboxylic acids is 3. The monoisotopic (exact) mass is 498 g/mol. The minimum absolute atomic E-state index is 0.227. The van der Waals surface area contributed by atoms with Crippen molar-refractivity contribution in [3.05, 3.63) is 18.2 Å². The predicted molar refractivity (Wildman–Crippen MR) is 131 cm³/mol. The van der Waals surface area contributed by atoms with E-state index in [1.165, 1.54) is 18.1 Å². The van der Waals surface area contributed by atoms with Gasteiger partial charge in [-0.2, -0.15) is 11.8 Å². The first-order chi connectivity index (χ1) is 16.0. The van der Waals surface area contributed by atoms with Crippen LogP contribution in [0.25, 0.3) is 0 Å². The van der Waals surface area contributed by atoms with Crippen LogP contribution in [0.15, 0.2) is 12.5 Å². The van der Waals surface area contributed by atoms with Crippen molar-refractivity contribution in [2.75, 3.05) is 12.0 Å². The number of imidazole rings is 1. The maximum absolute atomic E-state index is 13.2. The summed E-state index contributed by atoms with van der Waals surface area (Å²) in [5.41, 5.74) is 6.70. The van der Waals surface area contributed by atoms with Crippen LogP contribution in [-0.2, 0) is 25.6 Å². The largest absolute Gasteiger partial charge is 0.480 e. The molecular weight excluding hydrogens is 460 g/mol. The van der Waals surface area contributed by atoms with Crippen molar-refractivity contribution < 1.29 is 24.3 Å². The summed E-state index contributed by atoms with van der Waals surface area (Å²) >= 11 is 1.50. The molecule has 0 bridgehead atoms. The Balaban J connectivity index is 2.94. The van der Waals surface area contributed by atoms with Crippen molar-refractivity contribution in [3.63, 3.8) is 0 Å². The van der Waals surface area contributed by atoms with E-state index in [2.05, 4.69) is 25.9 Å². The smallest absolute Gasteiger partial charge is 0.326 e. The van der Waals surface area contributed by atoms with Gasteiger partial charge in [0.25, 0.3) is 0 Å². The molecule has 0 aromatic carbocycles. The van der Waals surface area contributed by atoms with Gasteiger partial charge in [0, 0.05) is 18.3 Å². The van der Waals surface area contributed by atoms with Gasteiger partial charge in [0.15, 0.2) is 0 Å². The molecule has 0 aliphatic carbocycles. The molecule has 0 radical (unpaired) electrons. The number of amides is 3. The summed E-state index contributed by atoms with van der Waals surface area (Å²) in [7, 11) is 0. The molecule has 192 valence electrons. The lowest BCUT2D eigenvalue weighted by molar-refractivity contribution is -0.143. The van der Waals surface area contributed by atoms with Crippen LogP contribution in [0.2, 0.25) is 0 Å². The third-order valence-electron chi connectivity index (χ3n) is 5.60. The van der Waals surface area contributed by atoms with Crippen molar-refractivity contribution in [1.82, 2.24) is 25.9 Å². The predicted octanol–water partition coefficient (Wildman–Crippen LogP) is 0.274. The number of thioether (sulfide) groups is 1. The molecule has 34 heavy (non-hydrogen) atoms. The normalized spacial score (nSPS) is 15.6. The van der Waals surface area contributed by atoms with Crippen molar-refractivity contribution in [2.45, 2.75) is 71.1 Å². The molecular formula is C22H38N6O5S. The minimum Gasteiger partial charge on any atom is -0.480 e. The third-order valence-corrected chi connectivity index (χ3v) is 6.24. The van der Waals surface area contributed by atoms with Gasteiger partial charge >= 0.3 is 5.97 Å². The number of nitrogens with zero attached hydrogens (tertiary/aromatic N) is 1. The zero-order chi connectivity index (χ0) is 25.8. The number of nitrogens with one attached hydrogen (secondary N) is 4. The molecule has 1 aromatic rings. The fourth-order valence-electron chi connectivity index (χ4n) is 3.22. The van der Waals surface area contributed by atoms with Crippen LogP contribution >= 0.6 is 11.8 Å². The second-order valence-corrected chi connectivity index (χ2v) is 9.66. The second-order valence-electron chi connectivity index (χ2n) is 8.67. The summed E-state index contributed by atoms with van der Waals surface area (Å²) in [6.45, 7) is 7.09. The first-order valence-electron chi connectivity index (χ1n) is 11.4. The topological polar surface area (TPSA) is 179 Å². The number of carboxylic acid groups (broad SMARTS) is 1. The van der Waals surface area contributed by atoms with Gasteiger partial charge in [0.2, 0.25) is 17.7 Å². The van der Waals surface area contributed by atoms with Crippen LogP contribution in [-0.4, -0.2) is 74.9 Å². The van der Waals surface area contributed by atoms with Crippen LogP contribution in [0.4, 0.5) is 0 Å². The summed E-state index contributed by atoms with van der Waals surface area (Å²) in [5.74, 6) is -2.72. The highest BCUT2D eigenvalue weighted by Gasteiger charge is 2.33. The third kappa shape index (κ3) is 9.34. The molecule has 1 heterocycles. The van der Waals surface area contributed by atoms with E-state index >= 15 is 0 Å². The van der Waals surface area contributed by atoms with E-state index in [-0.39, 0.29) is 18.3 Å². The second kappa shape index (κ2) is 14.6. The minimum atomic E-state index is -1.14. The lowest BCUT2D eigenvalue weighted by Crippen LogP contribution is -2.59. The summed E-state index contributed by atoms with van der Waals surface area (Å²) < 4.78 is 0. The number of aromatic amines is 1. The number of aromatic nitrogens is 2. The van der Waals surface area contributed by atoms with E-state index in [0.717, 1.165) is 0 Å². The fourth-order valence-corrected chi connectivity index (χ4v) is 3.69. The molecule has 11 nitrogen and oxygen atoms in total. The van der Waals surface area contributed by atoms with Gasteiger partial charge in [-0.1, -0.05) is 34.1 Å². The Labute approximate surface area is 204 Å². The van der Waals surface area contributed by atoms with E-state index < -0.39 is 47.9 Å². The number of hydrogen-bond acceptors (Lipinski definition) is 7. The highest BCUT2D eigenvalue weighted by atomic mass is 32.2. The highest BCUT2D eigenvalue weighted by Crippen LogP contribution is 2.11. The molecule has 0 spiro atoms. The van der Waals surface area contributed by atoms with Gasteiger partial charge < -0.3 is 31.8 Å². The fraction of sp³-hybridized carbons (Fsp3) is 0.682. The van der Waals surface area contributed by atoms with Crippen molar-refractivity contribution >= 4 is 35.5 Å². The molecule has 7 N–H and O–H groups in total. The first kappa shape index (κ1) is 29.4. The van der Waals surface area contributed by atoms with Crippen LogP contribution in [0.3, 0.4) is 0 Å². The van der Waals surface area contributed by atoms with E-state index in [4.69, 9.17) is 5.73 Å². The Morgan fingerprint density at radius 3 is 2.24 bits per heavy atom. The van der Waals surface area contributed by atoms with Crippen molar-refractivity contribution in [1.29, 1.82) is 0 Å². The summed E-state index contributed by atoms with van der Waals surface area (Å²) in [6.07, 6.45) is 6.07. The molecule has 5 atom stereocenters. The molecule has 0 aliphatic rings. The number of rotatable bonds is 15. The standard InChI is InChI=1S/C22H38N6O5S/c1-6-13(4)18(28-19(29)15(23)9-14-10-24-11-25-14)21(31)26-16(7-8-34-5)20(30)27-17(12(2)3)22(32)33/h10-13,15-18H,6-9,23H2,1-5H3,(H,24,25)(H,26,31)(H,27,30)(H,28,29)(H,32,33). The van der Waals surface area contributed by atoms with Crippen LogP contribution in [0.1, 0.15) is 46.2 Å². The lowest BCUT2D eigenvalue weighted by atomic mass is 9.97. The van der Waals surface area contributed by atoms with Crippen LogP contribution < -0.4 is 21.7 Å². The molecule has 12 heteroatoms. The van der Waals surface area contributed by atoms with Crippen molar-refractivity contribution in [3.8, 4) is 0 Å². The quantitative estimate of drug-likeness (QED) is 0.199.